The molecule has 0 radical (unpaired) electrons. The zero-order chi connectivity index (χ0) is 17.8. The number of rotatable bonds is 4. The Morgan fingerprint density at radius 1 is 1.08 bits per heavy atom. The normalized spacial score (nSPS) is 22.5. The van der Waals surface area contributed by atoms with Crippen molar-refractivity contribution < 1.29 is 4.79 Å². The predicted molar refractivity (Wildman–Crippen MR) is 102 cm³/mol. The fourth-order valence-corrected chi connectivity index (χ4v) is 4.37. The zero-order valence-corrected chi connectivity index (χ0v) is 15.3. The highest BCUT2D eigenvalue weighted by Crippen LogP contribution is 2.28. The van der Waals surface area contributed by atoms with E-state index in [0.717, 1.165) is 57.7 Å². The number of aromatic amines is 1. The first kappa shape index (κ1) is 17.3. The van der Waals surface area contributed by atoms with E-state index < -0.39 is 0 Å². The lowest BCUT2D eigenvalue weighted by Gasteiger charge is -2.36. The number of hydrogen-bond donors (Lipinski definition) is 1. The molecule has 26 heavy (non-hydrogen) atoms. The zero-order valence-electron chi connectivity index (χ0n) is 15.3. The van der Waals surface area contributed by atoms with E-state index in [1.54, 1.807) is 6.20 Å². The first-order valence-electron chi connectivity index (χ1n) is 9.84. The number of nitrogens with zero attached hydrogens (tertiary/aromatic N) is 3. The number of carbonyl (C=O) groups excluding carboxylic acids is 1. The molecule has 5 nitrogen and oxygen atoms in total. The quantitative estimate of drug-likeness (QED) is 0.920. The Bertz CT molecular complexity index is 692. The van der Waals surface area contributed by atoms with Gasteiger partial charge in [0, 0.05) is 31.4 Å². The van der Waals surface area contributed by atoms with Gasteiger partial charge in [0.15, 0.2) is 0 Å². The molecule has 4 rings (SSSR count). The van der Waals surface area contributed by atoms with Gasteiger partial charge in [0.1, 0.15) is 5.82 Å². The minimum atomic E-state index is 0.277. The van der Waals surface area contributed by atoms with E-state index in [-0.39, 0.29) is 5.91 Å². The largest absolute Gasteiger partial charge is 0.348 e. The van der Waals surface area contributed by atoms with Gasteiger partial charge in [0.05, 0.1) is 6.54 Å². The standard InChI is InChI=1S/C21H28N4O/c26-20(25-12-4-7-19(15-25)21-22-10-11-23-21)16-24-13-8-18(9-14-24)17-5-2-1-3-6-17/h1-3,5-6,10-11,18-19H,4,7-9,12-16H2,(H,22,23). The number of nitrogens with one attached hydrogen (secondary N) is 1. The second kappa shape index (κ2) is 8.04. The van der Waals surface area contributed by atoms with Crippen LogP contribution in [0.1, 0.15) is 48.9 Å². The van der Waals surface area contributed by atoms with Gasteiger partial charge in [-0.3, -0.25) is 9.69 Å². The van der Waals surface area contributed by atoms with Crippen molar-refractivity contribution in [3.8, 4) is 0 Å². The molecule has 2 aromatic rings. The SMILES string of the molecule is O=C(CN1CCC(c2ccccc2)CC1)N1CCCC(c2ncc[nH]2)C1. The lowest BCUT2D eigenvalue weighted by Crippen LogP contribution is -2.46. The van der Waals surface area contributed by atoms with Crippen LogP contribution in [0, 0.1) is 0 Å². The minimum Gasteiger partial charge on any atom is -0.348 e. The molecule has 3 heterocycles. The Morgan fingerprint density at radius 3 is 2.62 bits per heavy atom. The topological polar surface area (TPSA) is 52.2 Å². The molecule has 0 bridgehead atoms. The van der Waals surface area contributed by atoms with Gasteiger partial charge in [-0.2, -0.15) is 0 Å². The Hall–Kier alpha value is -2.14. The number of piperidine rings is 2. The second-order valence-electron chi connectivity index (χ2n) is 7.61. The molecule has 1 aromatic heterocycles. The van der Waals surface area contributed by atoms with Crippen LogP contribution >= 0.6 is 0 Å². The predicted octanol–water partition coefficient (Wildman–Crippen LogP) is 3.00. The highest BCUT2D eigenvalue weighted by Gasteiger charge is 2.28. The highest BCUT2D eigenvalue weighted by atomic mass is 16.2. The van der Waals surface area contributed by atoms with Gasteiger partial charge in [-0.25, -0.2) is 4.98 Å². The molecular weight excluding hydrogens is 324 g/mol. The maximum Gasteiger partial charge on any atom is 0.236 e. The first-order valence-corrected chi connectivity index (χ1v) is 9.84. The Morgan fingerprint density at radius 2 is 1.88 bits per heavy atom. The van der Waals surface area contributed by atoms with Gasteiger partial charge in [-0.15, -0.1) is 0 Å². The van der Waals surface area contributed by atoms with Crippen LogP contribution in [0.4, 0.5) is 0 Å². The molecule has 2 aliphatic heterocycles. The fraction of sp³-hybridized carbons (Fsp3) is 0.524. The summed E-state index contributed by atoms with van der Waals surface area (Å²) < 4.78 is 0. The molecule has 2 aliphatic rings. The average molecular weight is 352 g/mol. The van der Waals surface area contributed by atoms with E-state index >= 15 is 0 Å². The summed E-state index contributed by atoms with van der Waals surface area (Å²) >= 11 is 0. The lowest BCUT2D eigenvalue weighted by atomic mass is 9.89. The summed E-state index contributed by atoms with van der Waals surface area (Å²) in [6, 6.07) is 10.8. The van der Waals surface area contributed by atoms with E-state index in [1.165, 1.54) is 5.56 Å². The van der Waals surface area contributed by atoms with E-state index in [0.29, 0.717) is 18.4 Å². The van der Waals surface area contributed by atoms with Crippen molar-refractivity contribution in [1.82, 2.24) is 19.8 Å². The van der Waals surface area contributed by atoms with Crippen molar-refractivity contribution in [2.75, 3.05) is 32.7 Å². The molecule has 1 amide bonds. The Balaban J connectivity index is 1.27. The maximum absolute atomic E-state index is 12.8. The van der Waals surface area contributed by atoms with Crippen LogP contribution < -0.4 is 0 Å². The third-order valence-corrected chi connectivity index (χ3v) is 5.90. The van der Waals surface area contributed by atoms with Crippen LogP contribution in [-0.2, 0) is 4.79 Å². The van der Waals surface area contributed by atoms with E-state index in [1.807, 2.05) is 11.1 Å². The van der Waals surface area contributed by atoms with Crippen LogP contribution in [0.5, 0.6) is 0 Å². The Labute approximate surface area is 155 Å². The molecule has 1 aromatic carbocycles. The van der Waals surface area contributed by atoms with Gasteiger partial charge < -0.3 is 9.88 Å². The smallest absolute Gasteiger partial charge is 0.236 e. The van der Waals surface area contributed by atoms with E-state index in [9.17, 15) is 4.79 Å². The molecule has 1 unspecified atom stereocenters. The van der Waals surface area contributed by atoms with E-state index in [4.69, 9.17) is 0 Å². The lowest BCUT2D eigenvalue weighted by molar-refractivity contribution is -0.134. The van der Waals surface area contributed by atoms with Crippen LogP contribution in [0.2, 0.25) is 0 Å². The van der Waals surface area contributed by atoms with Crippen molar-refractivity contribution >= 4 is 5.91 Å². The molecule has 0 aliphatic carbocycles. The Kier molecular flexibility index (Phi) is 5.34. The number of H-pyrrole nitrogens is 1. The number of benzene rings is 1. The number of carbonyl (C=O) groups is 1. The molecule has 5 heteroatoms. The average Bonchev–Trinajstić information content (AvgIpc) is 3.24. The monoisotopic (exact) mass is 352 g/mol. The summed E-state index contributed by atoms with van der Waals surface area (Å²) in [5.74, 6) is 2.29. The summed E-state index contributed by atoms with van der Waals surface area (Å²) in [5.41, 5.74) is 1.44. The molecule has 138 valence electrons. The molecule has 2 fully saturated rings. The van der Waals surface area contributed by atoms with Gasteiger partial charge in [0.2, 0.25) is 5.91 Å². The number of hydrogen-bond acceptors (Lipinski definition) is 3. The number of aromatic nitrogens is 2. The van der Waals surface area contributed by atoms with Gasteiger partial charge >= 0.3 is 0 Å². The van der Waals surface area contributed by atoms with Crippen molar-refractivity contribution in [2.45, 2.75) is 37.5 Å². The maximum atomic E-state index is 12.8. The van der Waals surface area contributed by atoms with Crippen molar-refractivity contribution in [3.05, 3.63) is 54.1 Å². The summed E-state index contributed by atoms with van der Waals surface area (Å²) in [7, 11) is 0. The van der Waals surface area contributed by atoms with Crippen LogP contribution in [0.25, 0.3) is 0 Å². The van der Waals surface area contributed by atoms with Gasteiger partial charge in [0.25, 0.3) is 0 Å². The summed E-state index contributed by atoms with van der Waals surface area (Å²) in [4.78, 5) is 24.8. The molecule has 2 saturated heterocycles. The summed E-state index contributed by atoms with van der Waals surface area (Å²) in [6.07, 6.45) is 8.13. The third-order valence-electron chi connectivity index (χ3n) is 5.90. The highest BCUT2D eigenvalue weighted by molar-refractivity contribution is 5.78. The van der Waals surface area contributed by atoms with E-state index in [2.05, 4.69) is 45.2 Å². The minimum absolute atomic E-state index is 0.277. The fourth-order valence-electron chi connectivity index (χ4n) is 4.37. The molecule has 1 atom stereocenters. The molecule has 0 spiro atoms. The van der Waals surface area contributed by atoms with Crippen molar-refractivity contribution in [1.29, 1.82) is 0 Å². The van der Waals surface area contributed by atoms with Crippen molar-refractivity contribution in [2.24, 2.45) is 0 Å². The molecule has 1 N–H and O–H groups in total. The van der Waals surface area contributed by atoms with Crippen molar-refractivity contribution in [3.63, 3.8) is 0 Å². The van der Waals surface area contributed by atoms with Crippen LogP contribution in [0.3, 0.4) is 0 Å². The number of amides is 1. The number of imidazole rings is 1. The summed E-state index contributed by atoms with van der Waals surface area (Å²) in [5, 5.41) is 0. The molecular formula is C21H28N4O. The third kappa shape index (κ3) is 3.98. The van der Waals surface area contributed by atoms with Gasteiger partial charge in [-0.1, -0.05) is 30.3 Å². The van der Waals surface area contributed by atoms with Gasteiger partial charge in [-0.05, 0) is 50.3 Å². The van der Waals surface area contributed by atoms with Crippen LogP contribution in [0.15, 0.2) is 42.7 Å². The second-order valence-corrected chi connectivity index (χ2v) is 7.61. The first-order chi connectivity index (χ1) is 12.8. The van der Waals surface area contributed by atoms with Crippen LogP contribution in [-0.4, -0.2) is 58.4 Å². The summed E-state index contributed by atoms with van der Waals surface area (Å²) in [6.45, 7) is 4.28. The molecule has 0 saturated carbocycles. The number of likely N-dealkylation sites (tertiary alicyclic amines) is 2.